The predicted molar refractivity (Wildman–Crippen MR) is 90.3 cm³/mol. The molecule has 0 radical (unpaired) electrons. The molecule has 3 aromatic rings. The molecule has 0 fully saturated rings. The Hall–Kier alpha value is -2.31. The summed E-state index contributed by atoms with van der Waals surface area (Å²) in [6, 6.07) is 10.2. The van der Waals surface area contributed by atoms with E-state index in [-0.39, 0.29) is 10.8 Å². The molecule has 0 heterocycles. The van der Waals surface area contributed by atoms with Gasteiger partial charge in [-0.1, -0.05) is 53.5 Å². The Labute approximate surface area is 154 Å². The molecule has 0 aliphatic heterocycles. The van der Waals surface area contributed by atoms with Crippen LogP contribution in [0.25, 0.3) is 10.8 Å². The van der Waals surface area contributed by atoms with Crippen molar-refractivity contribution in [2.45, 2.75) is 6.18 Å². The first kappa shape index (κ1) is 18.5. The molecule has 0 bridgehead atoms. The van der Waals surface area contributed by atoms with Crippen LogP contribution in [-0.2, 0) is 6.18 Å². The summed E-state index contributed by atoms with van der Waals surface area (Å²) < 4.78 is 57.7. The molecule has 0 atom stereocenters. The summed E-state index contributed by atoms with van der Waals surface area (Å²) in [4.78, 5) is 12.3. The number of ether oxygens (including phenoxy) is 1. The van der Waals surface area contributed by atoms with Gasteiger partial charge in [0.1, 0.15) is 5.82 Å². The van der Waals surface area contributed by atoms with Crippen LogP contribution in [0.4, 0.5) is 17.6 Å². The second kappa shape index (κ2) is 6.78. The number of alkyl halides is 3. The van der Waals surface area contributed by atoms with Gasteiger partial charge in [0.2, 0.25) is 0 Å². The zero-order chi connectivity index (χ0) is 19.1. The van der Waals surface area contributed by atoms with Gasteiger partial charge in [-0.15, -0.1) is 0 Å². The highest BCUT2D eigenvalue weighted by atomic mass is 35.5. The highest BCUT2D eigenvalue weighted by molar-refractivity contribution is 6.40. The summed E-state index contributed by atoms with van der Waals surface area (Å²) in [5.41, 5.74) is -2.41. The van der Waals surface area contributed by atoms with Gasteiger partial charge in [0.15, 0.2) is 5.75 Å². The van der Waals surface area contributed by atoms with E-state index in [9.17, 15) is 22.4 Å². The van der Waals surface area contributed by atoms with Crippen molar-refractivity contribution in [2.24, 2.45) is 0 Å². The van der Waals surface area contributed by atoms with Gasteiger partial charge in [-0.3, -0.25) is 0 Å². The molecular weight excluding hydrogens is 395 g/mol. The summed E-state index contributed by atoms with van der Waals surface area (Å²) in [5.74, 6) is -3.13. The van der Waals surface area contributed by atoms with Crippen molar-refractivity contribution < 1.29 is 27.1 Å². The molecule has 0 aliphatic carbocycles. The molecule has 0 saturated heterocycles. The minimum atomic E-state index is -4.94. The molecule has 26 heavy (non-hydrogen) atoms. The van der Waals surface area contributed by atoms with Crippen molar-refractivity contribution in [3.63, 3.8) is 0 Å². The molecule has 0 aliphatic rings. The lowest BCUT2D eigenvalue weighted by Crippen LogP contribution is -2.16. The van der Waals surface area contributed by atoms with Crippen LogP contribution in [0.2, 0.25) is 10.0 Å². The van der Waals surface area contributed by atoms with E-state index < -0.39 is 29.1 Å². The topological polar surface area (TPSA) is 26.3 Å². The average Bonchev–Trinajstić information content (AvgIpc) is 2.57. The number of hydrogen-bond acceptors (Lipinski definition) is 2. The fourth-order valence-electron chi connectivity index (χ4n) is 2.43. The predicted octanol–water partition coefficient (Wildman–Crippen LogP) is 6.52. The summed E-state index contributed by atoms with van der Waals surface area (Å²) in [5, 5.41) is 1.15. The molecule has 0 N–H and O–H groups in total. The zero-order valence-electron chi connectivity index (χ0n) is 12.7. The fraction of sp³-hybridized carbons (Fsp3) is 0.0556. The maximum atomic E-state index is 14.1. The summed E-state index contributed by atoms with van der Waals surface area (Å²) >= 11 is 12.1. The minimum absolute atomic E-state index is 0.0329. The molecule has 2 nitrogen and oxygen atoms in total. The third-order valence-electron chi connectivity index (χ3n) is 3.62. The Morgan fingerprint density at radius 3 is 2.23 bits per heavy atom. The molecule has 0 amide bonds. The summed E-state index contributed by atoms with van der Waals surface area (Å²) in [6.45, 7) is 0. The molecule has 3 aromatic carbocycles. The number of benzene rings is 3. The van der Waals surface area contributed by atoms with E-state index in [2.05, 4.69) is 0 Å². The monoisotopic (exact) mass is 402 g/mol. The minimum Gasteiger partial charge on any atom is -0.421 e. The zero-order valence-corrected chi connectivity index (χ0v) is 14.2. The molecule has 0 spiro atoms. The molecule has 0 saturated carbocycles. The van der Waals surface area contributed by atoms with E-state index in [1.807, 2.05) is 0 Å². The van der Waals surface area contributed by atoms with Crippen molar-refractivity contribution in [1.29, 1.82) is 0 Å². The maximum absolute atomic E-state index is 14.1. The molecule has 3 rings (SSSR count). The second-order valence-electron chi connectivity index (χ2n) is 5.27. The smallest absolute Gasteiger partial charge is 0.419 e. The average molecular weight is 403 g/mol. The number of carbonyl (C=O) groups is 1. The Morgan fingerprint density at radius 2 is 1.58 bits per heavy atom. The molecule has 0 aromatic heterocycles. The molecular formula is C18H8Cl2F4O2. The van der Waals surface area contributed by atoms with Crippen LogP contribution in [0.1, 0.15) is 15.9 Å². The quantitative estimate of drug-likeness (QED) is 0.277. The normalized spacial score (nSPS) is 11.6. The van der Waals surface area contributed by atoms with E-state index in [1.54, 1.807) is 24.3 Å². The highest BCUT2D eigenvalue weighted by Gasteiger charge is 2.36. The molecule has 8 heteroatoms. The molecule has 0 unspecified atom stereocenters. The van der Waals surface area contributed by atoms with Gasteiger partial charge in [-0.25, -0.2) is 9.18 Å². The van der Waals surface area contributed by atoms with E-state index in [0.717, 1.165) is 12.1 Å². The van der Waals surface area contributed by atoms with Gasteiger partial charge >= 0.3 is 12.1 Å². The number of rotatable bonds is 2. The van der Waals surface area contributed by atoms with Crippen molar-refractivity contribution >= 4 is 39.9 Å². The fourth-order valence-corrected chi connectivity index (χ4v) is 3.01. The SMILES string of the molecule is O=C(Oc1c(Cl)cc(Cl)c2ccccc12)c1cccc(C(F)(F)F)c1F. The number of fused-ring (bicyclic) bond motifs is 1. The number of carbonyl (C=O) groups excluding carboxylic acids is 1. The van der Waals surface area contributed by atoms with E-state index in [0.29, 0.717) is 21.9 Å². The third-order valence-corrected chi connectivity index (χ3v) is 4.21. The Balaban J connectivity index is 2.07. The largest absolute Gasteiger partial charge is 0.421 e. The lowest BCUT2D eigenvalue weighted by atomic mass is 10.1. The Bertz CT molecular complexity index is 1020. The van der Waals surface area contributed by atoms with Gasteiger partial charge < -0.3 is 4.74 Å². The summed E-state index contributed by atoms with van der Waals surface area (Å²) in [6.07, 6.45) is -4.94. The standard InChI is InChI=1S/C18H8Cl2F4O2/c19-13-8-14(20)16(10-5-2-1-4-9(10)13)26-17(25)11-6-3-7-12(15(11)21)18(22,23)24/h1-8H. The first-order valence-electron chi connectivity index (χ1n) is 7.14. The van der Waals surface area contributed by atoms with Gasteiger partial charge in [0.05, 0.1) is 21.2 Å². The van der Waals surface area contributed by atoms with Crippen molar-refractivity contribution in [1.82, 2.24) is 0 Å². The third kappa shape index (κ3) is 3.34. The number of halogens is 6. The Morgan fingerprint density at radius 1 is 0.923 bits per heavy atom. The first-order chi connectivity index (χ1) is 12.2. The van der Waals surface area contributed by atoms with E-state index >= 15 is 0 Å². The van der Waals surface area contributed by atoms with E-state index in [1.165, 1.54) is 6.07 Å². The van der Waals surface area contributed by atoms with Gasteiger partial charge in [-0.2, -0.15) is 13.2 Å². The maximum Gasteiger partial charge on any atom is 0.419 e. The highest BCUT2D eigenvalue weighted by Crippen LogP contribution is 2.39. The van der Waals surface area contributed by atoms with Gasteiger partial charge in [-0.05, 0) is 18.2 Å². The Kier molecular flexibility index (Phi) is 4.82. The summed E-state index contributed by atoms with van der Waals surface area (Å²) in [7, 11) is 0. The van der Waals surface area contributed by atoms with E-state index in [4.69, 9.17) is 27.9 Å². The molecule has 134 valence electrons. The lowest BCUT2D eigenvalue weighted by Gasteiger charge is -2.13. The second-order valence-corrected chi connectivity index (χ2v) is 6.08. The van der Waals surface area contributed by atoms with Crippen LogP contribution in [0.15, 0.2) is 48.5 Å². The van der Waals surface area contributed by atoms with Crippen LogP contribution >= 0.6 is 23.2 Å². The number of hydrogen-bond donors (Lipinski definition) is 0. The van der Waals surface area contributed by atoms with Gasteiger partial charge in [0, 0.05) is 10.8 Å². The van der Waals surface area contributed by atoms with Gasteiger partial charge in [0.25, 0.3) is 0 Å². The van der Waals surface area contributed by atoms with Crippen LogP contribution in [0.5, 0.6) is 5.75 Å². The van der Waals surface area contributed by atoms with Crippen LogP contribution < -0.4 is 4.74 Å². The van der Waals surface area contributed by atoms with Crippen LogP contribution in [0.3, 0.4) is 0 Å². The number of esters is 1. The van der Waals surface area contributed by atoms with Crippen LogP contribution in [0, 0.1) is 5.82 Å². The van der Waals surface area contributed by atoms with Crippen molar-refractivity contribution in [3.05, 3.63) is 75.5 Å². The van der Waals surface area contributed by atoms with Crippen molar-refractivity contribution in [3.8, 4) is 5.75 Å². The first-order valence-corrected chi connectivity index (χ1v) is 7.90. The van der Waals surface area contributed by atoms with Crippen molar-refractivity contribution in [2.75, 3.05) is 0 Å². The lowest BCUT2D eigenvalue weighted by molar-refractivity contribution is -0.140. The van der Waals surface area contributed by atoms with Crippen LogP contribution in [-0.4, -0.2) is 5.97 Å².